The number of Topliss-reactive ketones (excluding diaryl/α,β-unsaturated/α-hetero) is 2. The molecule has 17 heavy (non-hydrogen) atoms. The highest BCUT2D eigenvalue weighted by molar-refractivity contribution is 5.98. The summed E-state index contributed by atoms with van der Waals surface area (Å²) in [4.78, 5) is 22.3. The molecule has 0 aromatic heterocycles. The molecule has 0 radical (unpaired) electrons. The molecule has 0 spiro atoms. The van der Waals surface area contributed by atoms with E-state index < -0.39 is 0 Å². The Kier molecular flexibility index (Phi) is 4.22. The van der Waals surface area contributed by atoms with Crippen LogP contribution in [0.1, 0.15) is 45.2 Å². The van der Waals surface area contributed by atoms with Crippen LogP contribution in [0, 0.1) is 0 Å². The Morgan fingerprint density at radius 2 is 1.59 bits per heavy atom. The van der Waals surface area contributed by atoms with Gasteiger partial charge in [0.05, 0.1) is 6.42 Å². The molecule has 0 saturated heterocycles. The summed E-state index contributed by atoms with van der Waals surface area (Å²) >= 11 is 0. The first kappa shape index (κ1) is 13.6. The van der Waals surface area contributed by atoms with Gasteiger partial charge in [0, 0.05) is 6.42 Å². The van der Waals surface area contributed by atoms with Crippen LogP contribution < -0.4 is 0 Å². The average Bonchev–Trinajstić information content (AvgIpc) is 2.15. The van der Waals surface area contributed by atoms with Crippen LogP contribution in [0.15, 0.2) is 24.3 Å². The standard InChI is InChI=1S/C15H20O2/c1-11(16)9-14(17)10-12-5-7-13(8-6-12)15(2,3)4/h5-8H,9-10H2,1-4H3. The summed E-state index contributed by atoms with van der Waals surface area (Å²) in [5, 5.41) is 0. The third kappa shape index (κ3) is 4.51. The third-order valence-corrected chi connectivity index (χ3v) is 2.67. The minimum absolute atomic E-state index is 0.0130. The van der Waals surface area contributed by atoms with Crippen LogP contribution in [-0.4, -0.2) is 11.6 Å². The first-order chi connectivity index (χ1) is 7.79. The van der Waals surface area contributed by atoms with Gasteiger partial charge in [-0.3, -0.25) is 9.59 Å². The van der Waals surface area contributed by atoms with E-state index in [4.69, 9.17) is 0 Å². The van der Waals surface area contributed by atoms with Crippen LogP contribution in [0.5, 0.6) is 0 Å². The van der Waals surface area contributed by atoms with E-state index in [9.17, 15) is 9.59 Å². The van der Waals surface area contributed by atoms with Crippen LogP contribution in [0.4, 0.5) is 0 Å². The molecule has 0 unspecified atom stereocenters. The van der Waals surface area contributed by atoms with Gasteiger partial charge >= 0.3 is 0 Å². The van der Waals surface area contributed by atoms with Crippen LogP contribution in [0.2, 0.25) is 0 Å². The molecule has 0 saturated carbocycles. The van der Waals surface area contributed by atoms with Crippen LogP contribution >= 0.6 is 0 Å². The van der Waals surface area contributed by atoms with Gasteiger partial charge < -0.3 is 0 Å². The van der Waals surface area contributed by atoms with E-state index in [2.05, 4.69) is 32.9 Å². The molecule has 0 aliphatic heterocycles. The van der Waals surface area contributed by atoms with Crippen molar-refractivity contribution in [2.24, 2.45) is 0 Å². The number of carbonyl (C=O) groups excluding carboxylic acids is 2. The van der Waals surface area contributed by atoms with Crippen molar-refractivity contribution >= 4 is 11.6 Å². The van der Waals surface area contributed by atoms with Gasteiger partial charge in [0.2, 0.25) is 0 Å². The lowest BCUT2D eigenvalue weighted by Gasteiger charge is -2.19. The maximum absolute atomic E-state index is 11.5. The molecule has 0 aliphatic carbocycles. The second-order valence-corrected chi connectivity index (χ2v) is 5.54. The van der Waals surface area contributed by atoms with E-state index in [1.165, 1.54) is 12.5 Å². The lowest BCUT2D eigenvalue weighted by molar-refractivity contribution is -0.125. The molecule has 0 atom stereocenters. The summed E-state index contributed by atoms with van der Waals surface area (Å²) in [5.74, 6) is -0.0812. The Morgan fingerprint density at radius 3 is 2.00 bits per heavy atom. The minimum atomic E-state index is -0.0682. The van der Waals surface area contributed by atoms with Crippen molar-refractivity contribution in [3.63, 3.8) is 0 Å². The van der Waals surface area contributed by atoms with Gasteiger partial charge in [-0.2, -0.15) is 0 Å². The molecule has 1 rings (SSSR count). The number of rotatable bonds is 4. The lowest BCUT2D eigenvalue weighted by atomic mass is 9.86. The maximum atomic E-state index is 11.5. The summed E-state index contributed by atoms with van der Waals surface area (Å²) in [6, 6.07) is 8.05. The Bertz CT molecular complexity index is 408. The Labute approximate surface area is 103 Å². The van der Waals surface area contributed by atoms with Crippen LogP contribution in [0.3, 0.4) is 0 Å². The van der Waals surface area contributed by atoms with Crippen LogP contribution in [0.25, 0.3) is 0 Å². The van der Waals surface area contributed by atoms with Gasteiger partial charge in [-0.15, -0.1) is 0 Å². The van der Waals surface area contributed by atoms with Gasteiger partial charge in [0.15, 0.2) is 0 Å². The number of benzene rings is 1. The number of hydrogen-bond donors (Lipinski definition) is 0. The Hall–Kier alpha value is -1.44. The summed E-state index contributed by atoms with van der Waals surface area (Å²) in [7, 11) is 0. The topological polar surface area (TPSA) is 34.1 Å². The quantitative estimate of drug-likeness (QED) is 0.748. The van der Waals surface area contributed by atoms with Crippen molar-refractivity contribution in [2.75, 3.05) is 0 Å². The summed E-state index contributed by atoms with van der Waals surface area (Å²) < 4.78 is 0. The fourth-order valence-electron chi connectivity index (χ4n) is 1.69. The predicted molar refractivity (Wildman–Crippen MR) is 69.2 cm³/mol. The van der Waals surface area contributed by atoms with E-state index >= 15 is 0 Å². The van der Waals surface area contributed by atoms with Crippen molar-refractivity contribution in [1.82, 2.24) is 0 Å². The second-order valence-electron chi connectivity index (χ2n) is 5.54. The van der Waals surface area contributed by atoms with Crippen molar-refractivity contribution in [3.8, 4) is 0 Å². The molecule has 2 heteroatoms. The molecule has 0 aliphatic rings. The van der Waals surface area contributed by atoms with Gasteiger partial charge in [-0.05, 0) is 23.5 Å². The third-order valence-electron chi connectivity index (χ3n) is 2.67. The van der Waals surface area contributed by atoms with E-state index in [1.54, 1.807) is 0 Å². The predicted octanol–water partition coefficient (Wildman–Crippen LogP) is 3.07. The van der Waals surface area contributed by atoms with Crippen molar-refractivity contribution < 1.29 is 9.59 Å². The lowest BCUT2D eigenvalue weighted by Crippen LogP contribution is -2.11. The molecular weight excluding hydrogens is 212 g/mol. The van der Waals surface area contributed by atoms with E-state index in [1.807, 2.05) is 12.1 Å². The van der Waals surface area contributed by atoms with E-state index in [0.29, 0.717) is 6.42 Å². The second kappa shape index (κ2) is 5.26. The van der Waals surface area contributed by atoms with Crippen molar-refractivity contribution in [1.29, 1.82) is 0 Å². The molecule has 92 valence electrons. The minimum Gasteiger partial charge on any atom is -0.300 e. The zero-order valence-corrected chi connectivity index (χ0v) is 11.0. The zero-order valence-electron chi connectivity index (χ0n) is 11.0. The van der Waals surface area contributed by atoms with Gasteiger partial charge in [-0.1, -0.05) is 45.0 Å². The fourth-order valence-corrected chi connectivity index (χ4v) is 1.69. The van der Waals surface area contributed by atoms with E-state index in [-0.39, 0.29) is 23.4 Å². The molecule has 1 aromatic rings. The first-order valence-electron chi connectivity index (χ1n) is 5.89. The molecule has 0 N–H and O–H groups in total. The molecule has 1 aromatic carbocycles. The molecule has 0 bridgehead atoms. The largest absolute Gasteiger partial charge is 0.300 e. The average molecular weight is 232 g/mol. The number of carbonyl (C=O) groups is 2. The SMILES string of the molecule is CC(=O)CC(=O)Cc1ccc(C(C)(C)C)cc1. The molecular formula is C15H20O2. The highest BCUT2D eigenvalue weighted by Gasteiger charge is 2.13. The Morgan fingerprint density at radius 1 is 1.06 bits per heavy atom. The maximum Gasteiger partial charge on any atom is 0.144 e. The Balaban J connectivity index is 2.69. The zero-order chi connectivity index (χ0) is 13.1. The first-order valence-corrected chi connectivity index (χ1v) is 5.89. The van der Waals surface area contributed by atoms with Crippen LogP contribution in [-0.2, 0) is 21.4 Å². The molecule has 0 amide bonds. The smallest absolute Gasteiger partial charge is 0.144 e. The fraction of sp³-hybridized carbons (Fsp3) is 0.467. The van der Waals surface area contributed by atoms with Gasteiger partial charge in [0.1, 0.15) is 11.6 Å². The van der Waals surface area contributed by atoms with Gasteiger partial charge in [-0.25, -0.2) is 0 Å². The summed E-state index contributed by atoms with van der Waals surface area (Å²) in [5.41, 5.74) is 2.35. The monoisotopic (exact) mass is 232 g/mol. The normalized spacial score (nSPS) is 11.3. The van der Waals surface area contributed by atoms with Crippen molar-refractivity contribution in [2.45, 2.75) is 46.0 Å². The highest BCUT2D eigenvalue weighted by atomic mass is 16.1. The number of hydrogen-bond acceptors (Lipinski definition) is 2. The summed E-state index contributed by atoms with van der Waals surface area (Å²) in [6.45, 7) is 7.91. The van der Waals surface area contributed by atoms with Gasteiger partial charge in [0.25, 0.3) is 0 Å². The molecule has 2 nitrogen and oxygen atoms in total. The number of ketones is 2. The molecule has 0 fully saturated rings. The summed E-state index contributed by atoms with van der Waals surface area (Å²) in [6.07, 6.45) is 0.394. The highest BCUT2D eigenvalue weighted by Crippen LogP contribution is 2.22. The van der Waals surface area contributed by atoms with Crippen molar-refractivity contribution in [3.05, 3.63) is 35.4 Å². The molecule has 0 heterocycles. The van der Waals surface area contributed by atoms with E-state index in [0.717, 1.165) is 5.56 Å².